The van der Waals surface area contributed by atoms with Gasteiger partial charge in [0.1, 0.15) is 5.75 Å². The van der Waals surface area contributed by atoms with Crippen molar-refractivity contribution < 1.29 is 9.53 Å². The van der Waals surface area contributed by atoms with E-state index in [1.807, 2.05) is 36.4 Å². The minimum absolute atomic E-state index is 0.366. The summed E-state index contributed by atoms with van der Waals surface area (Å²) in [5.74, 6) is 0.187. The fraction of sp³-hybridized carbons (Fsp3) is 0.0455. The molecule has 4 rings (SSSR count). The van der Waals surface area contributed by atoms with Crippen LogP contribution in [-0.2, 0) is 11.2 Å². The average molecular weight is 312 g/mol. The van der Waals surface area contributed by atoms with Crippen molar-refractivity contribution in [3.8, 4) is 16.9 Å². The van der Waals surface area contributed by atoms with E-state index in [1.54, 1.807) is 12.1 Å². The van der Waals surface area contributed by atoms with E-state index in [0.29, 0.717) is 5.75 Å². The van der Waals surface area contributed by atoms with E-state index in [0.717, 1.165) is 12.0 Å². The lowest BCUT2D eigenvalue weighted by molar-refractivity contribution is -0.128. The average Bonchev–Trinajstić information content (AvgIpc) is 3.00. The summed E-state index contributed by atoms with van der Waals surface area (Å²) in [6.07, 6.45) is 4.24. The maximum absolute atomic E-state index is 12.0. The number of hydrogen-bond donors (Lipinski definition) is 0. The molecule has 0 aromatic heterocycles. The quantitative estimate of drug-likeness (QED) is 0.306. The second-order valence-electron chi connectivity index (χ2n) is 5.77. The number of hydrogen-bond acceptors (Lipinski definition) is 2. The summed E-state index contributed by atoms with van der Waals surface area (Å²) >= 11 is 0. The maximum Gasteiger partial charge on any atom is 0.336 e. The van der Waals surface area contributed by atoms with Crippen LogP contribution in [0, 0.1) is 0 Å². The van der Waals surface area contributed by atoms with Crippen LogP contribution in [0.5, 0.6) is 5.75 Å². The predicted octanol–water partition coefficient (Wildman–Crippen LogP) is 4.88. The summed E-state index contributed by atoms with van der Waals surface area (Å²) in [5.41, 5.74) is 6.20. The third kappa shape index (κ3) is 2.74. The largest absolute Gasteiger partial charge is 0.423 e. The predicted molar refractivity (Wildman–Crippen MR) is 95.8 cm³/mol. The number of carbonyl (C=O) groups excluding carboxylic acids is 1. The van der Waals surface area contributed by atoms with Gasteiger partial charge in [0.05, 0.1) is 0 Å². The van der Waals surface area contributed by atoms with E-state index in [4.69, 9.17) is 4.74 Å². The van der Waals surface area contributed by atoms with E-state index in [2.05, 4.69) is 30.3 Å². The molecule has 3 aromatic carbocycles. The van der Waals surface area contributed by atoms with Gasteiger partial charge in [0.25, 0.3) is 0 Å². The molecule has 0 spiro atoms. The molecule has 3 aromatic rings. The van der Waals surface area contributed by atoms with Crippen molar-refractivity contribution in [2.45, 2.75) is 6.42 Å². The highest BCUT2D eigenvalue weighted by Crippen LogP contribution is 2.38. The highest BCUT2D eigenvalue weighted by Gasteiger charge is 2.19. The summed E-state index contributed by atoms with van der Waals surface area (Å²) in [4.78, 5) is 12.0. The molecule has 0 saturated heterocycles. The van der Waals surface area contributed by atoms with Crippen LogP contribution in [0.3, 0.4) is 0 Å². The van der Waals surface area contributed by atoms with Crippen molar-refractivity contribution in [1.82, 2.24) is 0 Å². The maximum atomic E-state index is 12.0. The summed E-state index contributed by atoms with van der Waals surface area (Å²) in [5, 5.41) is 0. The number of benzene rings is 3. The molecule has 0 atom stereocenters. The lowest BCUT2D eigenvalue weighted by Crippen LogP contribution is -2.03. The lowest BCUT2D eigenvalue weighted by Gasteiger charge is -2.04. The number of rotatable bonds is 3. The zero-order chi connectivity index (χ0) is 16.4. The number of para-hydroxylation sites is 1. The molecule has 0 saturated carbocycles. The third-order valence-corrected chi connectivity index (χ3v) is 4.25. The Hall–Kier alpha value is -3.13. The summed E-state index contributed by atoms with van der Waals surface area (Å²) in [6.45, 7) is 0. The lowest BCUT2D eigenvalue weighted by atomic mass is 10.0. The molecule has 116 valence electrons. The molecule has 2 nitrogen and oxygen atoms in total. The van der Waals surface area contributed by atoms with Gasteiger partial charge in [-0.25, -0.2) is 4.79 Å². The first-order valence-corrected chi connectivity index (χ1v) is 7.96. The van der Waals surface area contributed by atoms with Crippen LogP contribution < -0.4 is 4.74 Å². The standard InChI is InChI=1S/C22H16O2/c23-22(24-18-9-2-1-3-10-18)14-13-16-8-6-12-20-19-11-5-4-7-17(19)15-21(16)20/h1-14H,15H2. The zero-order valence-corrected chi connectivity index (χ0v) is 13.1. The van der Waals surface area contributed by atoms with Crippen LogP contribution in [0.25, 0.3) is 17.2 Å². The topological polar surface area (TPSA) is 26.3 Å². The molecule has 0 radical (unpaired) electrons. The molecule has 0 unspecified atom stereocenters. The Morgan fingerprint density at radius 3 is 2.46 bits per heavy atom. The van der Waals surface area contributed by atoms with E-state index in [-0.39, 0.29) is 5.97 Å². The number of esters is 1. The highest BCUT2D eigenvalue weighted by molar-refractivity contribution is 5.90. The SMILES string of the molecule is O=C(C=Cc1cccc2c1Cc1ccccc1-2)Oc1ccccc1. The smallest absolute Gasteiger partial charge is 0.336 e. The van der Waals surface area contributed by atoms with Gasteiger partial charge >= 0.3 is 5.97 Å². The molecule has 0 heterocycles. The summed E-state index contributed by atoms with van der Waals surface area (Å²) < 4.78 is 5.29. The zero-order valence-electron chi connectivity index (χ0n) is 13.1. The van der Waals surface area contributed by atoms with Crippen molar-refractivity contribution >= 4 is 12.0 Å². The molecule has 0 amide bonds. The Kier molecular flexibility index (Phi) is 3.72. The summed E-state index contributed by atoms with van der Waals surface area (Å²) in [7, 11) is 0. The second kappa shape index (κ2) is 6.17. The van der Waals surface area contributed by atoms with Crippen molar-refractivity contribution in [3.05, 3.63) is 95.6 Å². The summed E-state index contributed by atoms with van der Waals surface area (Å²) in [6, 6.07) is 23.8. The first kappa shape index (κ1) is 14.5. The molecular formula is C22H16O2. The van der Waals surface area contributed by atoms with Crippen molar-refractivity contribution in [2.75, 3.05) is 0 Å². The van der Waals surface area contributed by atoms with Crippen LogP contribution >= 0.6 is 0 Å². The Bertz CT molecular complexity index is 924. The normalized spacial score (nSPS) is 12.0. The van der Waals surface area contributed by atoms with E-state index in [1.165, 1.54) is 28.3 Å². The minimum atomic E-state index is -0.366. The Morgan fingerprint density at radius 2 is 1.58 bits per heavy atom. The van der Waals surface area contributed by atoms with E-state index >= 15 is 0 Å². The van der Waals surface area contributed by atoms with E-state index < -0.39 is 0 Å². The Labute approximate surface area is 141 Å². The van der Waals surface area contributed by atoms with Gasteiger partial charge in [0.2, 0.25) is 0 Å². The van der Waals surface area contributed by atoms with Crippen molar-refractivity contribution in [1.29, 1.82) is 0 Å². The van der Waals surface area contributed by atoms with Gasteiger partial charge < -0.3 is 4.74 Å². The number of fused-ring (bicyclic) bond motifs is 3. The van der Waals surface area contributed by atoms with Gasteiger partial charge in [-0.2, -0.15) is 0 Å². The fourth-order valence-corrected chi connectivity index (χ4v) is 3.13. The van der Waals surface area contributed by atoms with E-state index in [9.17, 15) is 4.79 Å². The van der Waals surface area contributed by atoms with Crippen LogP contribution in [0.15, 0.2) is 78.9 Å². The first-order chi connectivity index (χ1) is 11.8. The van der Waals surface area contributed by atoms with Crippen LogP contribution in [0.4, 0.5) is 0 Å². The third-order valence-electron chi connectivity index (χ3n) is 4.25. The second-order valence-corrected chi connectivity index (χ2v) is 5.77. The van der Waals surface area contributed by atoms with Crippen LogP contribution in [0.1, 0.15) is 16.7 Å². The van der Waals surface area contributed by atoms with Crippen molar-refractivity contribution in [3.63, 3.8) is 0 Å². The highest BCUT2D eigenvalue weighted by atomic mass is 16.5. The first-order valence-electron chi connectivity index (χ1n) is 7.96. The molecule has 0 aliphatic heterocycles. The number of carbonyl (C=O) groups is 1. The van der Waals surface area contributed by atoms with Gasteiger partial charge in [-0.15, -0.1) is 0 Å². The van der Waals surface area contributed by atoms with Gasteiger partial charge in [-0.3, -0.25) is 0 Å². The fourth-order valence-electron chi connectivity index (χ4n) is 3.13. The van der Waals surface area contributed by atoms with Crippen LogP contribution in [0.2, 0.25) is 0 Å². The van der Waals surface area contributed by atoms with Gasteiger partial charge in [0.15, 0.2) is 0 Å². The molecule has 2 heteroatoms. The van der Waals surface area contributed by atoms with Gasteiger partial charge in [-0.05, 0) is 52.4 Å². The molecule has 1 aliphatic rings. The minimum Gasteiger partial charge on any atom is -0.423 e. The molecule has 0 N–H and O–H groups in total. The van der Waals surface area contributed by atoms with Gasteiger partial charge in [-0.1, -0.05) is 60.7 Å². The molecule has 1 aliphatic carbocycles. The van der Waals surface area contributed by atoms with Gasteiger partial charge in [0, 0.05) is 6.08 Å². The van der Waals surface area contributed by atoms with Crippen LogP contribution in [-0.4, -0.2) is 5.97 Å². The molecule has 0 fully saturated rings. The monoisotopic (exact) mass is 312 g/mol. The molecule has 24 heavy (non-hydrogen) atoms. The van der Waals surface area contributed by atoms with Crippen molar-refractivity contribution in [2.24, 2.45) is 0 Å². The molecular weight excluding hydrogens is 296 g/mol. The number of ether oxygens (including phenoxy) is 1. The Morgan fingerprint density at radius 1 is 0.833 bits per heavy atom. The molecule has 0 bridgehead atoms. The Balaban J connectivity index is 1.57.